The van der Waals surface area contributed by atoms with Gasteiger partial charge >= 0.3 is 0 Å². The molecule has 41 heavy (non-hydrogen) atoms. The van der Waals surface area contributed by atoms with E-state index < -0.39 is 23.6 Å². The van der Waals surface area contributed by atoms with E-state index in [2.05, 4.69) is 21.5 Å². The molecule has 1 aromatic carbocycles. The molecule has 3 aromatic heterocycles. The van der Waals surface area contributed by atoms with Gasteiger partial charge < -0.3 is 26.3 Å². The molecule has 1 unspecified atom stereocenters. The van der Waals surface area contributed by atoms with Crippen LogP contribution in [0.1, 0.15) is 22.9 Å². The molecule has 0 bridgehead atoms. The fourth-order valence-corrected chi connectivity index (χ4v) is 4.73. The summed E-state index contributed by atoms with van der Waals surface area (Å²) < 4.78 is 29.0. The van der Waals surface area contributed by atoms with E-state index in [9.17, 15) is 18.8 Å². The third kappa shape index (κ3) is 5.32. The van der Waals surface area contributed by atoms with Gasteiger partial charge in [-0.2, -0.15) is 10.4 Å². The highest BCUT2D eigenvalue weighted by Crippen LogP contribution is 2.28. The predicted molar refractivity (Wildman–Crippen MR) is 149 cm³/mol. The smallest absolute Gasteiger partial charge is 0.244 e. The second-order valence-corrected chi connectivity index (χ2v) is 9.33. The van der Waals surface area contributed by atoms with Crippen LogP contribution in [-0.4, -0.2) is 69.8 Å². The Balaban J connectivity index is 1.34. The lowest BCUT2D eigenvalue weighted by atomic mass is 10.1. The van der Waals surface area contributed by atoms with Crippen LogP contribution in [0, 0.1) is 28.4 Å². The number of halogens is 2. The Morgan fingerprint density at radius 2 is 1.98 bits per heavy atom. The van der Waals surface area contributed by atoms with Gasteiger partial charge in [-0.25, -0.2) is 23.3 Å². The van der Waals surface area contributed by atoms with Crippen LogP contribution in [0.25, 0.3) is 22.3 Å². The van der Waals surface area contributed by atoms with Crippen LogP contribution < -0.4 is 16.0 Å². The molecule has 13 heteroatoms. The topological polar surface area (TPSA) is 152 Å². The third-order valence-electron chi connectivity index (χ3n) is 6.87. The summed E-state index contributed by atoms with van der Waals surface area (Å²) in [5.74, 6) is -1.33. The van der Waals surface area contributed by atoms with E-state index in [-0.39, 0.29) is 5.56 Å². The first-order chi connectivity index (χ1) is 19.8. The molecule has 1 amide bonds. The summed E-state index contributed by atoms with van der Waals surface area (Å²) in [6.45, 7) is 1.67. The van der Waals surface area contributed by atoms with E-state index >= 15 is 0 Å². The number of hydrogen-bond donors (Lipinski definition) is 3. The van der Waals surface area contributed by atoms with Crippen LogP contribution in [0.3, 0.4) is 0 Å². The zero-order valence-corrected chi connectivity index (χ0v) is 22.1. The Bertz CT molecular complexity index is 1680. The fraction of sp³-hybridized carbons (Fsp3) is 0.214. The number of carbonyl (C=O) groups excluding carboxylic acids is 1. The summed E-state index contributed by atoms with van der Waals surface area (Å²) in [6.07, 6.45) is 7.61. The van der Waals surface area contributed by atoms with Crippen LogP contribution in [0.5, 0.6) is 0 Å². The highest BCUT2D eigenvalue weighted by Gasteiger charge is 2.28. The number of rotatable bonds is 7. The summed E-state index contributed by atoms with van der Waals surface area (Å²) >= 11 is 0. The molecule has 0 saturated carbocycles. The lowest BCUT2D eigenvalue weighted by Gasteiger charge is -2.36. The van der Waals surface area contributed by atoms with Crippen LogP contribution >= 0.6 is 0 Å². The van der Waals surface area contributed by atoms with Crippen LogP contribution in [0.15, 0.2) is 55.1 Å². The lowest BCUT2D eigenvalue weighted by Crippen LogP contribution is -2.51. The van der Waals surface area contributed by atoms with Crippen molar-refractivity contribution in [3.8, 4) is 17.3 Å². The Kier molecular flexibility index (Phi) is 7.66. The minimum absolute atomic E-state index is 0.0465. The van der Waals surface area contributed by atoms with Gasteiger partial charge in [0.1, 0.15) is 40.6 Å². The molecule has 0 spiro atoms. The third-order valence-corrected chi connectivity index (χ3v) is 6.87. The van der Waals surface area contributed by atoms with Gasteiger partial charge in [0.05, 0.1) is 23.8 Å². The maximum Gasteiger partial charge on any atom is 0.244 e. The lowest BCUT2D eigenvalue weighted by molar-refractivity contribution is -0.133. The first-order valence-corrected chi connectivity index (χ1v) is 12.7. The van der Waals surface area contributed by atoms with Crippen molar-refractivity contribution in [2.45, 2.75) is 6.04 Å². The Morgan fingerprint density at radius 1 is 1.20 bits per heavy atom. The number of piperazine rings is 1. The Morgan fingerprint density at radius 3 is 2.61 bits per heavy atom. The molecule has 0 aliphatic carbocycles. The number of nitrogens with zero attached hydrogens (tertiary/aromatic N) is 7. The number of nitrogens with two attached hydrogens (primary N) is 1. The molecule has 1 aliphatic heterocycles. The normalized spacial score (nSPS) is 14.6. The van der Waals surface area contributed by atoms with Gasteiger partial charge in [-0.3, -0.25) is 4.79 Å². The van der Waals surface area contributed by atoms with Crippen molar-refractivity contribution < 1.29 is 13.6 Å². The molecule has 4 aromatic rings. The molecule has 5 rings (SSSR count). The maximum absolute atomic E-state index is 14.1. The molecular formula is C28H26F2N10O. The minimum Gasteiger partial charge on any atom is -0.393 e. The number of nitrogens with one attached hydrogen (secondary N) is 2. The van der Waals surface area contributed by atoms with Gasteiger partial charge in [0, 0.05) is 74.6 Å². The quantitative estimate of drug-likeness (QED) is 0.294. The molecular weight excluding hydrogens is 530 g/mol. The molecule has 208 valence electrons. The van der Waals surface area contributed by atoms with Crippen LogP contribution in [0.2, 0.25) is 0 Å². The number of hydrogen-bond acceptors (Lipinski definition) is 9. The Hall–Kier alpha value is -5.22. The standard InChI is InChI=1S/C28H26F2N10O/c1-34-13-18(11-31)23-16-40-27(19(12-32)15-36-40)26(37-23)17-2-5-24(35-14-17)38-6-8-39(9-7-38)28(41)25(33)21-4-3-20(29)10-22(21)30/h2-5,10-11,13-16,25,31,34H,6-9,33H2,1H3/b18-13+,31-11?. The number of aromatic nitrogens is 4. The van der Waals surface area contributed by atoms with Gasteiger partial charge in [-0.1, -0.05) is 6.07 Å². The highest BCUT2D eigenvalue weighted by molar-refractivity contribution is 6.07. The van der Waals surface area contributed by atoms with Crippen molar-refractivity contribution in [3.63, 3.8) is 0 Å². The van der Waals surface area contributed by atoms with Crippen LogP contribution in [-0.2, 0) is 4.79 Å². The highest BCUT2D eigenvalue weighted by atomic mass is 19.1. The van der Waals surface area contributed by atoms with Crippen molar-refractivity contribution in [1.82, 2.24) is 29.8 Å². The molecule has 11 nitrogen and oxygen atoms in total. The number of allylic oxidation sites excluding steroid dienone is 1. The van der Waals surface area contributed by atoms with Crippen LogP contribution in [0.4, 0.5) is 14.6 Å². The molecule has 1 saturated heterocycles. The summed E-state index contributed by atoms with van der Waals surface area (Å²) in [5, 5.41) is 24.6. The number of amides is 1. The van der Waals surface area contributed by atoms with E-state index in [4.69, 9.17) is 16.1 Å². The van der Waals surface area contributed by atoms with Gasteiger partial charge in [0.25, 0.3) is 0 Å². The molecule has 0 radical (unpaired) electrons. The summed E-state index contributed by atoms with van der Waals surface area (Å²) in [7, 11) is 1.72. The van der Waals surface area contributed by atoms with Crippen molar-refractivity contribution in [2.24, 2.45) is 5.73 Å². The minimum atomic E-state index is -1.22. The van der Waals surface area contributed by atoms with Gasteiger partial charge in [-0.05, 0) is 18.2 Å². The van der Waals surface area contributed by atoms with Gasteiger partial charge in [-0.15, -0.1) is 0 Å². The van der Waals surface area contributed by atoms with E-state index in [0.717, 1.165) is 6.07 Å². The number of carbonyl (C=O) groups is 1. The van der Waals surface area contributed by atoms with Crippen molar-refractivity contribution in [2.75, 3.05) is 38.1 Å². The number of pyridine rings is 1. The van der Waals surface area contributed by atoms with Crippen molar-refractivity contribution in [1.29, 1.82) is 10.7 Å². The molecule has 4 N–H and O–H groups in total. The monoisotopic (exact) mass is 556 g/mol. The van der Waals surface area contributed by atoms with E-state index in [1.807, 2.05) is 17.0 Å². The zero-order valence-electron chi connectivity index (χ0n) is 22.1. The van der Waals surface area contributed by atoms with E-state index in [1.54, 1.807) is 35.1 Å². The maximum atomic E-state index is 14.1. The largest absolute Gasteiger partial charge is 0.393 e. The molecule has 1 aliphatic rings. The molecule has 1 atom stereocenters. The van der Waals surface area contributed by atoms with Crippen molar-refractivity contribution in [3.05, 3.63) is 83.6 Å². The summed E-state index contributed by atoms with van der Waals surface area (Å²) in [6, 6.07) is 7.59. The molecule has 1 fully saturated rings. The first-order valence-electron chi connectivity index (χ1n) is 12.7. The number of nitriles is 1. The van der Waals surface area contributed by atoms with E-state index in [1.165, 1.54) is 18.5 Å². The summed E-state index contributed by atoms with van der Waals surface area (Å²) in [5.41, 5.74) is 9.04. The number of anilines is 1. The second-order valence-electron chi connectivity index (χ2n) is 9.33. The zero-order chi connectivity index (χ0) is 29.1. The Labute approximate surface area is 234 Å². The SMILES string of the molecule is CN/C=C(\C=N)c1cn2ncc(C#N)c2c(-c2ccc(N3CCN(C(=O)C(N)c4ccc(F)cc4F)CC3)nc2)n1. The first kappa shape index (κ1) is 27.4. The van der Waals surface area contributed by atoms with Crippen molar-refractivity contribution >= 4 is 29.0 Å². The number of benzene rings is 1. The van der Waals surface area contributed by atoms with E-state index in [0.29, 0.717) is 71.7 Å². The second kappa shape index (κ2) is 11.5. The fourth-order valence-electron chi connectivity index (χ4n) is 4.73. The molecule has 4 heterocycles. The average Bonchev–Trinajstić information content (AvgIpc) is 3.42. The van der Waals surface area contributed by atoms with Gasteiger partial charge in [0.2, 0.25) is 5.91 Å². The average molecular weight is 557 g/mol. The summed E-state index contributed by atoms with van der Waals surface area (Å²) in [4.78, 5) is 25.8. The number of fused-ring (bicyclic) bond motifs is 1. The van der Waals surface area contributed by atoms with Gasteiger partial charge in [0.15, 0.2) is 0 Å². The predicted octanol–water partition coefficient (Wildman–Crippen LogP) is 2.50.